The number of hydrogen-bond donors (Lipinski definition) is 1. The van der Waals surface area contributed by atoms with E-state index in [4.69, 9.17) is 11.6 Å². The first-order valence-corrected chi connectivity index (χ1v) is 7.10. The number of anilines is 1. The van der Waals surface area contributed by atoms with Crippen LogP contribution in [0.1, 0.15) is 11.1 Å². The second-order valence-electron chi connectivity index (χ2n) is 5.40. The average molecular weight is 287 g/mol. The van der Waals surface area contributed by atoms with Crippen molar-refractivity contribution in [2.45, 2.75) is 13.0 Å². The van der Waals surface area contributed by atoms with E-state index in [1.807, 2.05) is 18.3 Å². The van der Waals surface area contributed by atoms with Crippen molar-refractivity contribution in [2.24, 2.45) is 7.05 Å². The number of rotatable bonds is 1. The Balaban J connectivity index is 1.79. The average Bonchev–Trinajstić information content (AvgIpc) is 3.01. The number of fused-ring (bicyclic) bond motifs is 2. The van der Waals surface area contributed by atoms with Crippen LogP contribution in [-0.2, 0) is 20.0 Å². The van der Waals surface area contributed by atoms with Crippen molar-refractivity contribution in [1.29, 1.82) is 0 Å². The van der Waals surface area contributed by atoms with Gasteiger partial charge in [0, 0.05) is 48.6 Å². The molecule has 3 aromatic rings. The van der Waals surface area contributed by atoms with Crippen LogP contribution in [0.3, 0.4) is 0 Å². The van der Waals surface area contributed by atoms with E-state index in [0.29, 0.717) is 0 Å². The van der Waals surface area contributed by atoms with Gasteiger partial charge in [-0.2, -0.15) is 5.10 Å². The van der Waals surface area contributed by atoms with Gasteiger partial charge in [0.25, 0.3) is 0 Å². The van der Waals surface area contributed by atoms with E-state index in [-0.39, 0.29) is 0 Å². The molecule has 102 valence electrons. The maximum absolute atomic E-state index is 6.23. The van der Waals surface area contributed by atoms with Crippen LogP contribution in [0.25, 0.3) is 10.9 Å². The summed E-state index contributed by atoms with van der Waals surface area (Å²) >= 11 is 6.23. The maximum atomic E-state index is 6.23. The maximum Gasteiger partial charge on any atom is 0.0686 e. The number of nitrogens with one attached hydrogen (secondary N) is 1. The molecule has 0 unspecified atom stereocenters. The quantitative estimate of drug-likeness (QED) is 0.746. The first kappa shape index (κ1) is 11.9. The van der Waals surface area contributed by atoms with Gasteiger partial charge in [-0.15, -0.1) is 0 Å². The third-order valence-electron chi connectivity index (χ3n) is 3.99. The van der Waals surface area contributed by atoms with Crippen molar-refractivity contribution in [2.75, 3.05) is 11.4 Å². The highest BCUT2D eigenvalue weighted by molar-refractivity contribution is 6.31. The summed E-state index contributed by atoms with van der Waals surface area (Å²) < 4.78 is 2.14. The van der Waals surface area contributed by atoms with Gasteiger partial charge in [-0.3, -0.25) is 5.10 Å². The number of H-pyrrole nitrogens is 1. The standard InChI is InChI=1S/C15H15ClN4/c1-19-7-10-2-3-20(9-11(10)8-19)15-5-12(16)4-14-13(15)6-17-18-14/h4-8H,2-3,9H2,1H3,(H,17,18). The third kappa shape index (κ3) is 1.79. The second-order valence-corrected chi connectivity index (χ2v) is 5.84. The summed E-state index contributed by atoms with van der Waals surface area (Å²) in [5, 5.41) is 9.01. The highest BCUT2D eigenvalue weighted by Gasteiger charge is 2.20. The SMILES string of the molecule is Cn1cc2c(c1)CN(c1cc(Cl)cc3[nH]ncc13)CC2. The van der Waals surface area contributed by atoms with Gasteiger partial charge in [-0.05, 0) is 29.7 Å². The Morgan fingerprint density at radius 3 is 3.00 bits per heavy atom. The molecule has 0 spiro atoms. The molecule has 3 heterocycles. The third-order valence-corrected chi connectivity index (χ3v) is 4.20. The van der Waals surface area contributed by atoms with Gasteiger partial charge >= 0.3 is 0 Å². The Morgan fingerprint density at radius 1 is 1.25 bits per heavy atom. The van der Waals surface area contributed by atoms with Gasteiger partial charge in [0.05, 0.1) is 11.7 Å². The largest absolute Gasteiger partial charge is 0.366 e. The fraction of sp³-hybridized carbons (Fsp3) is 0.267. The van der Waals surface area contributed by atoms with Gasteiger partial charge < -0.3 is 9.47 Å². The van der Waals surface area contributed by atoms with E-state index in [1.54, 1.807) is 0 Å². The summed E-state index contributed by atoms with van der Waals surface area (Å²) in [7, 11) is 2.08. The summed E-state index contributed by atoms with van der Waals surface area (Å²) in [6, 6.07) is 3.96. The minimum absolute atomic E-state index is 0.746. The summed E-state index contributed by atoms with van der Waals surface area (Å²) in [4.78, 5) is 2.38. The Bertz CT molecular complexity index is 786. The molecule has 5 heteroatoms. The fourth-order valence-electron chi connectivity index (χ4n) is 3.07. The highest BCUT2D eigenvalue weighted by atomic mass is 35.5. The van der Waals surface area contributed by atoms with Crippen LogP contribution in [0.5, 0.6) is 0 Å². The molecule has 0 saturated heterocycles. The van der Waals surface area contributed by atoms with Crippen LogP contribution >= 0.6 is 11.6 Å². The molecule has 2 aromatic heterocycles. The predicted molar refractivity (Wildman–Crippen MR) is 81.3 cm³/mol. The Labute approximate surface area is 122 Å². The van der Waals surface area contributed by atoms with Crippen molar-refractivity contribution in [3.05, 3.63) is 46.9 Å². The summed E-state index contributed by atoms with van der Waals surface area (Å²) in [5.41, 5.74) is 5.01. The lowest BCUT2D eigenvalue weighted by molar-refractivity contribution is 0.739. The molecular weight excluding hydrogens is 272 g/mol. The van der Waals surface area contributed by atoms with E-state index in [2.05, 4.69) is 39.1 Å². The first-order valence-electron chi connectivity index (χ1n) is 6.72. The van der Waals surface area contributed by atoms with Crippen LogP contribution in [0.15, 0.2) is 30.7 Å². The zero-order valence-corrected chi connectivity index (χ0v) is 12.0. The summed E-state index contributed by atoms with van der Waals surface area (Å²) in [5.74, 6) is 0. The minimum atomic E-state index is 0.746. The van der Waals surface area contributed by atoms with Gasteiger partial charge in [-0.1, -0.05) is 11.6 Å². The normalized spacial score (nSPS) is 14.8. The molecular formula is C15H15ClN4. The van der Waals surface area contributed by atoms with Crippen molar-refractivity contribution >= 4 is 28.2 Å². The molecule has 0 fully saturated rings. The zero-order chi connectivity index (χ0) is 13.7. The van der Waals surface area contributed by atoms with Gasteiger partial charge in [0.1, 0.15) is 0 Å². The number of benzene rings is 1. The molecule has 0 radical (unpaired) electrons. The topological polar surface area (TPSA) is 36.9 Å². The van der Waals surface area contributed by atoms with Crippen molar-refractivity contribution < 1.29 is 0 Å². The van der Waals surface area contributed by atoms with Crippen molar-refractivity contribution in [3.63, 3.8) is 0 Å². The molecule has 0 atom stereocenters. The van der Waals surface area contributed by atoms with E-state index in [9.17, 15) is 0 Å². The van der Waals surface area contributed by atoms with Crippen LogP contribution in [0, 0.1) is 0 Å². The molecule has 1 aliphatic rings. The number of halogens is 1. The molecule has 1 N–H and O–H groups in total. The molecule has 4 rings (SSSR count). The molecule has 1 aromatic carbocycles. The Kier molecular flexibility index (Phi) is 2.54. The zero-order valence-electron chi connectivity index (χ0n) is 11.2. The van der Waals surface area contributed by atoms with E-state index in [1.165, 1.54) is 11.1 Å². The molecule has 20 heavy (non-hydrogen) atoms. The number of aromatic nitrogens is 3. The molecule has 0 aliphatic carbocycles. The van der Waals surface area contributed by atoms with Gasteiger partial charge in [-0.25, -0.2) is 0 Å². The summed E-state index contributed by atoms with van der Waals surface area (Å²) in [6.07, 6.45) is 7.38. The highest BCUT2D eigenvalue weighted by Crippen LogP contribution is 2.33. The van der Waals surface area contributed by atoms with Gasteiger partial charge in [0.2, 0.25) is 0 Å². The lowest BCUT2D eigenvalue weighted by atomic mass is 10.0. The monoisotopic (exact) mass is 286 g/mol. The van der Waals surface area contributed by atoms with Crippen LogP contribution in [-0.4, -0.2) is 21.3 Å². The minimum Gasteiger partial charge on any atom is -0.366 e. The van der Waals surface area contributed by atoms with Crippen LogP contribution < -0.4 is 4.90 Å². The molecule has 1 aliphatic heterocycles. The lowest BCUT2D eigenvalue weighted by Crippen LogP contribution is -2.29. The molecule has 0 amide bonds. The first-order chi connectivity index (χ1) is 9.70. The summed E-state index contributed by atoms with van der Waals surface area (Å²) in [6.45, 7) is 1.94. The van der Waals surface area contributed by atoms with Crippen molar-refractivity contribution in [3.8, 4) is 0 Å². The van der Waals surface area contributed by atoms with Crippen LogP contribution in [0.4, 0.5) is 5.69 Å². The van der Waals surface area contributed by atoms with E-state index < -0.39 is 0 Å². The Hall–Kier alpha value is -1.94. The van der Waals surface area contributed by atoms with E-state index in [0.717, 1.165) is 41.1 Å². The fourth-order valence-corrected chi connectivity index (χ4v) is 3.28. The molecule has 4 nitrogen and oxygen atoms in total. The number of aryl methyl sites for hydroxylation is 1. The number of nitrogens with zero attached hydrogens (tertiary/aromatic N) is 3. The molecule has 0 saturated carbocycles. The van der Waals surface area contributed by atoms with E-state index >= 15 is 0 Å². The smallest absolute Gasteiger partial charge is 0.0686 e. The van der Waals surface area contributed by atoms with Crippen LogP contribution in [0.2, 0.25) is 5.02 Å². The predicted octanol–water partition coefficient (Wildman–Crippen LogP) is 3.12. The number of hydrogen-bond acceptors (Lipinski definition) is 2. The van der Waals surface area contributed by atoms with Gasteiger partial charge in [0.15, 0.2) is 0 Å². The number of aromatic amines is 1. The second kappa shape index (κ2) is 4.28. The lowest BCUT2D eigenvalue weighted by Gasteiger charge is -2.29. The Morgan fingerprint density at radius 2 is 2.10 bits per heavy atom. The van der Waals surface area contributed by atoms with Crippen molar-refractivity contribution in [1.82, 2.24) is 14.8 Å². The molecule has 0 bridgehead atoms.